The lowest BCUT2D eigenvalue weighted by atomic mass is 9.92. The molecule has 3 rings (SSSR count). The van der Waals surface area contributed by atoms with Crippen LogP contribution in [0.15, 0.2) is 28.7 Å². The second kappa shape index (κ2) is 6.12. The van der Waals surface area contributed by atoms with Crippen LogP contribution in [0, 0.1) is 27.7 Å². The highest BCUT2D eigenvalue weighted by Crippen LogP contribution is 2.33. The second-order valence-electron chi connectivity index (χ2n) is 7.01. The van der Waals surface area contributed by atoms with Crippen LogP contribution < -0.4 is 5.32 Å². The summed E-state index contributed by atoms with van der Waals surface area (Å²) in [4.78, 5) is 39.1. The number of Topliss-reactive ketones (excluding diaryl/α,β-unsaturated/α-hetero) is 1. The molecule has 2 aromatic rings. The van der Waals surface area contributed by atoms with Gasteiger partial charge in [-0.25, -0.2) is 4.79 Å². The van der Waals surface area contributed by atoms with E-state index >= 15 is 0 Å². The maximum Gasteiger partial charge on any atom is 0.325 e. The number of carbonyl (C=O) groups excluding carboxylic acids is 3. The normalized spacial score (nSPS) is 19.8. The Morgan fingerprint density at radius 1 is 1.15 bits per heavy atom. The van der Waals surface area contributed by atoms with Crippen LogP contribution in [0.3, 0.4) is 0 Å². The van der Waals surface area contributed by atoms with E-state index in [-0.39, 0.29) is 12.3 Å². The van der Waals surface area contributed by atoms with Crippen LogP contribution in [-0.4, -0.2) is 29.2 Å². The fourth-order valence-corrected chi connectivity index (χ4v) is 3.42. The van der Waals surface area contributed by atoms with Crippen LogP contribution in [0.25, 0.3) is 0 Å². The van der Waals surface area contributed by atoms with Gasteiger partial charge in [-0.15, -0.1) is 0 Å². The van der Waals surface area contributed by atoms with E-state index in [1.165, 1.54) is 0 Å². The number of aryl methyl sites for hydroxylation is 4. The van der Waals surface area contributed by atoms with Crippen molar-refractivity contribution in [2.45, 2.75) is 40.2 Å². The summed E-state index contributed by atoms with van der Waals surface area (Å²) < 4.78 is 5.50. The minimum atomic E-state index is -1.24. The van der Waals surface area contributed by atoms with Gasteiger partial charge in [-0.05, 0) is 52.3 Å². The van der Waals surface area contributed by atoms with E-state index in [1.807, 2.05) is 26.0 Å². The van der Waals surface area contributed by atoms with E-state index in [9.17, 15) is 14.4 Å². The fourth-order valence-electron chi connectivity index (χ4n) is 3.42. The average molecular weight is 354 g/mol. The third-order valence-corrected chi connectivity index (χ3v) is 4.85. The molecule has 1 aromatic carbocycles. The number of benzene rings is 1. The topological polar surface area (TPSA) is 79.6 Å². The van der Waals surface area contributed by atoms with E-state index in [2.05, 4.69) is 5.32 Å². The first-order valence-corrected chi connectivity index (χ1v) is 8.45. The molecular weight excluding hydrogens is 332 g/mol. The highest BCUT2D eigenvalue weighted by Gasteiger charge is 2.51. The molecular formula is C20H22N2O4. The van der Waals surface area contributed by atoms with Crippen molar-refractivity contribution in [3.05, 3.63) is 58.0 Å². The Labute approximate surface area is 152 Å². The quantitative estimate of drug-likeness (QED) is 0.676. The zero-order valence-corrected chi connectivity index (χ0v) is 15.6. The van der Waals surface area contributed by atoms with E-state index in [4.69, 9.17) is 4.42 Å². The molecule has 1 saturated heterocycles. The van der Waals surface area contributed by atoms with Crippen molar-refractivity contribution < 1.29 is 18.8 Å². The molecule has 0 aliphatic carbocycles. The standard InChI is InChI=1S/C20H22N2O4/c1-11-6-7-12(2)15(8-11)17(23)10-22-18(24)20(5,21-19(22)25)16-9-13(3)26-14(16)4/h6-9H,10H2,1-5H3,(H,21,25). The van der Waals surface area contributed by atoms with Crippen LogP contribution >= 0.6 is 0 Å². The monoisotopic (exact) mass is 354 g/mol. The molecule has 1 atom stereocenters. The number of amides is 3. The Morgan fingerprint density at radius 3 is 2.46 bits per heavy atom. The minimum absolute atomic E-state index is 0.265. The van der Waals surface area contributed by atoms with Crippen LogP contribution in [0.2, 0.25) is 0 Å². The number of nitrogens with one attached hydrogen (secondary N) is 1. The highest BCUT2D eigenvalue weighted by atomic mass is 16.3. The number of urea groups is 1. The van der Waals surface area contributed by atoms with Gasteiger partial charge in [-0.3, -0.25) is 14.5 Å². The summed E-state index contributed by atoms with van der Waals surface area (Å²) in [5.41, 5.74) is 1.66. The predicted molar refractivity (Wildman–Crippen MR) is 96.0 cm³/mol. The van der Waals surface area contributed by atoms with E-state index in [1.54, 1.807) is 32.9 Å². The summed E-state index contributed by atoms with van der Waals surface area (Å²) in [6, 6.07) is 6.72. The van der Waals surface area contributed by atoms with Crippen LogP contribution in [-0.2, 0) is 10.3 Å². The molecule has 0 radical (unpaired) electrons. The lowest BCUT2D eigenvalue weighted by Crippen LogP contribution is -2.41. The van der Waals surface area contributed by atoms with Crippen LogP contribution in [0.1, 0.15) is 45.5 Å². The largest absolute Gasteiger partial charge is 0.466 e. The summed E-state index contributed by atoms with van der Waals surface area (Å²) in [5, 5.41) is 2.71. The summed E-state index contributed by atoms with van der Waals surface area (Å²) in [6.45, 7) is 8.60. The average Bonchev–Trinajstić information content (AvgIpc) is 3.01. The maximum absolute atomic E-state index is 13.0. The number of nitrogens with zero attached hydrogens (tertiary/aromatic N) is 1. The number of rotatable bonds is 4. The van der Waals surface area contributed by atoms with Crippen molar-refractivity contribution in [3.8, 4) is 0 Å². The third-order valence-electron chi connectivity index (χ3n) is 4.85. The van der Waals surface area contributed by atoms with Crippen molar-refractivity contribution >= 4 is 17.7 Å². The van der Waals surface area contributed by atoms with Gasteiger partial charge in [-0.1, -0.05) is 17.7 Å². The van der Waals surface area contributed by atoms with Gasteiger partial charge in [-0.2, -0.15) is 0 Å². The van der Waals surface area contributed by atoms with Crippen LogP contribution in [0.4, 0.5) is 4.79 Å². The second-order valence-corrected chi connectivity index (χ2v) is 7.01. The molecule has 2 heterocycles. The minimum Gasteiger partial charge on any atom is -0.466 e. The zero-order valence-electron chi connectivity index (χ0n) is 15.6. The number of furan rings is 1. The summed E-state index contributed by atoms with van der Waals surface area (Å²) in [7, 11) is 0. The molecule has 0 spiro atoms. The summed E-state index contributed by atoms with van der Waals surface area (Å²) in [5.74, 6) is 0.510. The SMILES string of the molecule is Cc1ccc(C)c(C(=O)CN2C(=O)NC(C)(c3cc(C)oc3C)C2=O)c1. The third kappa shape index (κ3) is 2.81. The fraction of sp³-hybridized carbons (Fsp3) is 0.350. The molecule has 6 nitrogen and oxygen atoms in total. The molecule has 1 aliphatic heterocycles. The molecule has 0 bridgehead atoms. The number of hydrogen-bond donors (Lipinski definition) is 1. The Balaban J connectivity index is 1.89. The molecule has 1 aromatic heterocycles. The zero-order chi connectivity index (χ0) is 19.2. The van der Waals surface area contributed by atoms with Gasteiger partial charge in [0.05, 0.1) is 6.54 Å². The predicted octanol–water partition coefficient (Wildman–Crippen LogP) is 3.16. The highest BCUT2D eigenvalue weighted by molar-refractivity contribution is 6.11. The van der Waals surface area contributed by atoms with E-state index in [0.29, 0.717) is 22.6 Å². The maximum atomic E-state index is 13.0. The van der Waals surface area contributed by atoms with Crippen molar-refractivity contribution in [1.29, 1.82) is 0 Å². The first-order valence-electron chi connectivity index (χ1n) is 8.45. The number of ketones is 1. The lowest BCUT2D eigenvalue weighted by molar-refractivity contribution is -0.130. The molecule has 1 fully saturated rings. The summed E-state index contributed by atoms with van der Waals surface area (Å²) in [6.07, 6.45) is 0. The summed E-state index contributed by atoms with van der Waals surface area (Å²) >= 11 is 0. The molecule has 1 N–H and O–H groups in total. The van der Waals surface area contributed by atoms with Crippen molar-refractivity contribution in [2.24, 2.45) is 0 Å². The van der Waals surface area contributed by atoms with Gasteiger partial charge >= 0.3 is 6.03 Å². The number of hydrogen-bond acceptors (Lipinski definition) is 4. The van der Waals surface area contributed by atoms with Gasteiger partial charge in [0.1, 0.15) is 17.1 Å². The van der Waals surface area contributed by atoms with Crippen molar-refractivity contribution in [2.75, 3.05) is 6.54 Å². The molecule has 6 heteroatoms. The van der Waals surface area contributed by atoms with Crippen LogP contribution in [0.5, 0.6) is 0 Å². The molecule has 136 valence electrons. The molecule has 26 heavy (non-hydrogen) atoms. The lowest BCUT2D eigenvalue weighted by Gasteiger charge is -2.21. The Kier molecular flexibility index (Phi) is 4.22. The number of carbonyl (C=O) groups is 3. The molecule has 0 saturated carbocycles. The van der Waals surface area contributed by atoms with Gasteiger partial charge in [0.15, 0.2) is 5.78 Å². The molecule has 3 amide bonds. The van der Waals surface area contributed by atoms with E-state index in [0.717, 1.165) is 16.0 Å². The van der Waals surface area contributed by atoms with Gasteiger partial charge < -0.3 is 9.73 Å². The first kappa shape index (κ1) is 17.9. The Hall–Kier alpha value is -2.89. The Morgan fingerprint density at radius 2 is 1.85 bits per heavy atom. The Bertz CT molecular complexity index is 928. The van der Waals surface area contributed by atoms with Gasteiger partial charge in [0, 0.05) is 11.1 Å². The number of imide groups is 1. The first-order chi connectivity index (χ1) is 12.1. The molecule has 1 unspecified atom stereocenters. The van der Waals surface area contributed by atoms with Crippen molar-refractivity contribution in [3.63, 3.8) is 0 Å². The van der Waals surface area contributed by atoms with Gasteiger partial charge in [0.2, 0.25) is 0 Å². The van der Waals surface area contributed by atoms with Gasteiger partial charge in [0.25, 0.3) is 5.91 Å². The molecule has 1 aliphatic rings. The smallest absolute Gasteiger partial charge is 0.325 e. The van der Waals surface area contributed by atoms with Crippen molar-refractivity contribution in [1.82, 2.24) is 10.2 Å². The van der Waals surface area contributed by atoms with E-state index < -0.39 is 17.5 Å².